The molecule has 0 bridgehead atoms. The van der Waals surface area contributed by atoms with Gasteiger partial charge in [-0.15, -0.1) is 0 Å². The normalized spacial score (nSPS) is 13.8. The zero-order chi connectivity index (χ0) is 30.3. The number of nitrogens with one attached hydrogen (secondary N) is 1. The Labute approximate surface area is 240 Å². The zero-order valence-electron chi connectivity index (χ0n) is 22.2. The summed E-state index contributed by atoms with van der Waals surface area (Å²) in [6, 6.07) is 17.6. The van der Waals surface area contributed by atoms with Crippen molar-refractivity contribution in [1.29, 1.82) is 0 Å². The lowest BCUT2D eigenvalue weighted by Crippen LogP contribution is -2.47. The van der Waals surface area contributed by atoms with Gasteiger partial charge >= 0.3 is 6.18 Å². The Bertz CT molecular complexity index is 1860. The Morgan fingerprint density at radius 1 is 0.791 bits per heavy atom. The van der Waals surface area contributed by atoms with Crippen LogP contribution in [-0.4, -0.2) is 51.0 Å². The van der Waals surface area contributed by atoms with E-state index in [1.807, 2.05) is 59.5 Å². The second-order valence-electron chi connectivity index (χ2n) is 9.77. The van der Waals surface area contributed by atoms with Crippen molar-refractivity contribution < 1.29 is 23.0 Å². The Morgan fingerprint density at radius 3 is 2.14 bits per heavy atom. The Morgan fingerprint density at radius 2 is 1.47 bits per heavy atom. The lowest BCUT2D eigenvalue weighted by Gasteiger charge is -2.35. The number of hydrogen-bond donors (Lipinski definition) is 1. The Hall–Kier alpha value is -5.60. The number of aromatic nitrogens is 3. The minimum absolute atomic E-state index is 0.0453. The van der Waals surface area contributed by atoms with E-state index in [-0.39, 0.29) is 26.2 Å². The molecule has 5 aromatic rings. The highest BCUT2D eigenvalue weighted by Crippen LogP contribution is 2.43. The van der Waals surface area contributed by atoms with Gasteiger partial charge in [0.15, 0.2) is 5.69 Å². The number of nitro benzene ring substituents is 2. The molecular weight excluding hydrogens is 569 g/mol. The highest BCUT2D eigenvalue weighted by Gasteiger charge is 2.40. The molecule has 1 aliphatic heterocycles. The van der Waals surface area contributed by atoms with Crippen molar-refractivity contribution in [2.24, 2.45) is 0 Å². The first-order valence-corrected chi connectivity index (χ1v) is 13.0. The number of anilines is 4. The van der Waals surface area contributed by atoms with Gasteiger partial charge < -0.3 is 15.1 Å². The van der Waals surface area contributed by atoms with Gasteiger partial charge in [-0.25, -0.2) is 4.98 Å². The van der Waals surface area contributed by atoms with Crippen LogP contribution < -0.4 is 15.1 Å². The summed E-state index contributed by atoms with van der Waals surface area (Å²) < 4.78 is 40.1. The molecule has 0 spiro atoms. The SMILES string of the molecule is O=[N+]([O-])c1cc(C(F)(F)F)cc([N+](=O)[O-])c1N1CCN(c2nc(Nc3ccc4ncccc4c3)c3ccccc3n2)CC1. The van der Waals surface area contributed by atoms with Crippen LogP contribution in [0.3, 0.4) is 0 Å². The number of piperazine rings is 1. The topological polar surface area (TPSA) is 143 Å². The first-order valence-electron chi connectivity index (χ1n) is 13.0. The number of nitrogens with zero attached hydrogens (tertiary/aromatic N) is 7. The van der Waals surface area contributed by atoms with Gasteiger partial charge in [0, 0.05) is 61.0 Å². The molecule has 1 N–H and O–H groups in total. The van der Waals surface area contributed by atoms with Gasteiger partial charge in [0.1, 0.15) is 5.82 Å². The largest absolute Gasteiger partial charge is 0.416 e. The van der Waals surface area contributed by atoms with Gasteiger partial charge in [-0.05, 0) is 36.4 Å². The predicted molar refractivity (Wildman–Crippen MR) is 154 cm³/mol. The molecule has 1 saturated heterocycles. The minimum Gasteiger partial charge on any atom is -0.357 e. The summed E-state index contributed by atoms with van der Waals surface area (Å²) in [5.41, 5.74) is -1.59. The first-order chi connectivity index (χ1) is 20.6. The first kappa shape index (κ1) is 27.6. The van der Waals surface area contributed by atoms with Gasteiger partial charge in [0.05, 0.1) is 26.4 Å². The molecule has 1 aliphatic rings. The van der Waals surface area contributed by atoms with Gasteiger partial charge in [0.25, 0.3) is 11.4 Å². The number of halogens is 3. The lowest BCUT2D eigenvalue weighted by atomic mass is 10.1. The number of para-hydroxylation sites is 1. The van der Waals surface area contributed by atoms with Crippen LogP contribution in [0.15, 0.2) is 72.9 Å². The second-order valence-corrected chi connectivity index (χ2v) is 9.77. The molecule has 218 valence electrons. The third-order valence-electron chi connectivity index (χ3n) is 7.13. The van der Waals surface area contributed by atoms with E-state index in [2.05, 4.69) is 15.3 Å². The number of benzene rings is 3. The van der Waals surface area contributed by atoms with Crippen LogP contribution >= 0.6 is 0 Å². The number of pyridine rings is 1. The summed E-state index contributed by atoms with van der Waals surface area (Å²) in [6.45, 7) is 0.497. The fraction of sp³-hybridized carbons (Fsp3) is 0.179. The molecule has 15 heteroatoms. The molecule has 0 radical (unpaired) electrons. The van der Waals surface area contributed by atoms with E-state index >= 15 is 0 Å². The molecule has 43 heavy (non-hydrogen) atoms. The summed E-state index contributed by atoms with van der Waals surface area (Å²) in [6.07, 6.45) is -3.27. The van der Waals surface area contributed by atoms with E-state index in [9.17, 15) is 33.4 Å². The lowest BCUT2D eigenvalue weighted by molar-refractivity contribution is -0.393. The summed E-state index contributed by atoms with van der Waals surface area (Å²) >= 11 is 0. The van der Waals surface area contributed by atoms with E-state index in [1.54, 1.807) is 6.20 Å². The molecule has 6 rings (SSSR count). The van der Waals surface area contributed by atoms with Crippen molar-refractivity contribution in [2.45, 2.75) is 6.18 Å². The molecule has 3 aromatic carbocycles. The number of nitro groups is 2. The number of rotatable bonds is 6. The number of hydrogen-bond acceptors (Lipinski definition) is 10. The van der Waals surface area contributed by atoms with E-state index in [4.69, 9.17) is 4.98 Å². The van der Waals surface area contributed by atoms with Crippen LogP contribution in [0, 0.1) is 20.2 Å². The van der Waals surface area contributed by atoms with Gasteiger partial charge in [-0.1, -0.05) is 18.2 Å². The minimum atomic E-state index is -4.99. The highest BCUT2D eigenvalue weighted by molar-refractivity contribution is 5.93. The van der Waals surface area contributed by atoms with Crippen molar-refractivity contribution in [3.8, 4) is 0 Å². The highest BCUT2D eigenvalue weighted by atomic mass is 19.4. The molecule has 12 nitrogen and oxygen atoms in total. The van der Waals surface area contributed by atoms with Gasteiger partial charge in [-0.2, -0.15) is 18.2 Å². The fourth-order valence-corrected chi connectivity index (χ4v) is 5.09. The molecule has 1 fully saturated rings. The van der Waals surface area contributed by atoms with E-state index < -0.39 is 38.6 Å². The van der Waals surface area contributed by atoms with Crippen molar-refractivity contribution in [3.63, 3.8) is 0 Å². The van der Waals surface area contributed by atoms with E-state index in [1.165, 1.54) is 4.90 Å². The van der Waals surface area contributed by atoms with Crippen molar-refractivity contribution >= 4 is 56.3 Å². The maximum absolute atomic E-state index is 13.4. The molecule has 0 atom stereocenters. The number of fused-ring (bicyclic) bond motifs is 2. The predicted octanol–water partition coefficient (Wildman–Crippen LogP) is 6.08. The summed E-state index contributed by atoms with van der Waals surface area (Å²) in [5, 5.41) is 28.5. The quantitative estimate of drug-likeness (QED) is 0.182. The Balaban J connectivity index is 1.30. The van der Waals surface area contributed by atoms with Crippen molar-refractivity contribution in [1.82, 2.24) is 15.0 Å². The third kappa shape index (κ3) is 5.39. The standard InChI is InChI=1S/C28H21F3N8O4/c29-28(30,31)18-15-23(38(40)41)25(24(16-18)39(42)43)36-10-12-37(13-11-36)27-34-22-6-2-1-5-20(22)26(35-27)33-19-7-8-21-17(14-19)4-3-9-32-21/h1-9,14-16H,10-13H2,(H,33,34,35). The van der Waals surface area contributed by atoms with Crippen LogP contribution in [0.4, 0.5) is 47.7 Å². The van der Waals surface area contributed by atoms with Crippen LogP contribution in [0.1, 0.15) is 5.56 Å². The summed E-state index contributed by atoms with van der Waals surface area (Å²) in [5.74, 6) is 0.903. The third-order valence-corrected chi connectivity index (χ3v) is 7.13. The summed E-state index contributed by atoms with van der Waals surface area (Å²) in [4.78, 5) is 38.4. The maximum Gasteiger partial charge on any atom is 0.416 e. The molecule has 3 heterocycles. The molecular formula is C28H21F3N8O4. The number of alkyl halides is 3. The van der Waals surface area contributed by atoms with Crippen LogP contribution in [0.2, 0.25) is 0 Å². The molecule has 2 aromatic heterocycles. The maximum atomic E-state index is 13.4. The summed E-state index contributed by atoms with van der Waals surface area (Å²) in [7, 11) is 0. The molecule has 0 saturated carbocycles. The Kier molecular flexibility index (Phi) is 6.84. The van der Waals surface area contributed by atoms with E-state index in [0.29, 0.717) is 29.4 Å². The average molecular weight is 591 g/mol. The van der Waals surface area contributed by atoms with Crippen LogP contribution in [0.25, 0.3) is 21.8 Å². The van der Waals surface area contributed by atoms with Gasteiger partial charge in [-0.3, -0.25) is 25.2 Å². The van der Waals surface area contributed by atoms with Crippen LogP contribution in [-0.2, 0) is 6.18 Å². The smallest absolute Gasteiger partial charge is 0.357 e. The van der Waals surface area contributed by atoms with Crippen molar-refractivity contribution in [2.75, 3.05) is 41.3 Å². The van der Waals surface area contributed by atoms with E-state index in [0.717, 1.165) is 22.0 Å². The van der Waals surface area contributed by atoms with Gasteiger partial charge in [0.2, 0.25) is 5.95 Å². The molecule has 0 aliphatic carbocycles. The zero-order valence-corrected chi connectivity index (χ0v) is 22.2. The average Bonchev–Trinajstić information content (AvgIpc) is 3.00. The monoisotopic (exact) mass is 590 g/mol. The molecule has 0 unspecified atom stereocenters. The second kappa shape index (κ2) is 10.7. The fourth-order valence-electron chi connectivity index (χ4n) is 5.09. The molecule has 0 amide bonds. The van der Waals surface area contributed by atoms with Crippen LogP contribution in [0.5, 0.6) is 0 Å². The van der Waals surface area contributed by atoms with Crippen molar-refractivity contribution in [3.05, 3.63) is 98.7 Å².